The molecule has 0 aliphatic heterocycles. The minimum Gasteiger partial charge on any atom is -0.328 e. The van der Waals surface area contributed by atoms with Gasteiger partial charge in [-0.15, -0.1) is 0 Å². The summed E-state index contributed by atoms with van der Waals surface area (Å²) < 4.78 is 0. The summed E-state index contributed by atoms with van der Waals surface area (Å²) >= 11 is 0. The predicted molar refractivity (Wildman–Crippen MR) is 40.6 cm³/mol. The third kappa shape index (κ3) is 2.19. The molecule has 3 heteroatoms. The van der Waals surface area contributed by atoms with Crippen molar-refractivity contribution in [1.82, 2.24) is 10.2 Å². The highest BCUT2D eigenvalue weighted by molar-refractivity contribution is 4.97. The van der Waals surface area contributed by atoms with Crippen molar-refractivity contribution in [2.24, 2.45) is 5.73 Å². The van der Waals surface area contributed by atoms with E-state index in [9.17, 15) is 0 Å². The van der Waals surface area contributed by atoms with Crippen LogP contribution in [-0.2, 0) is 6.42 Å². The van der Waals surface area contributed by atoms with Gasteiger partial charge in [0.15, 0.2) is 0 Å². The van der Waals surface area contributed by atoms with Gasteiger partial charge in [-0.3, -0.25) is 5.10 Å². The lowest BCUT2D eigenvalue weighted by Gasteiger charge is -2.00. The molecule has 0 unspecified atom stereocenters. The first-order valence-corrected chi connectivity index (χ1v) is 3.53. The summed E-state index contributed by atoms with van der Waals surface area (Å²) in [4.78, 5) is 0. The van der Waals surface area contributed by atoms with E-state index < -0.39 is 0 Å². The Morgan fingerprint density at radius 2 is 2.60 bits per heavy atom. The highest BCUT2D eigenvalue weighted by Gasteiger charge is 1.96. The summed E-state index contributed by atoms with van der Waals surface area (Å²) in [5.74, 6) is 0. The average Bonchev–Trinajstić information content (AvgIpc) is 2.34. The smallest absolute Gasteiger partial charge is 0.0490 e. The molecule has 0 aliphatic carbocycles. The van der Waals surface area contributed by atoms with E-state index in [0.29, 0.717) is 0 Å². The molecule has 1 aromatic rings. The van der Waals surface area contributed by atoms with E-state index in [4.69, 9.17) is 5.73 Å². The Morgan fingerprint density at radius 3 is 3.10 bits per heavy atom. The Bertz CT molecular complexity index is 167. The third-order valence-electron chi connectivity index (χ3n) is 1.43. The molecular weight excluding hydrogens is 126 g/mol. The van der Waals surface area contributed by atoms with Gasteiger partial charge < -0.3 is 5.73 Å². The summed E-state index contributed by atoms with van der Waals surface area (Å²) in [5, 5.41) is 6.72. The van der Waals surface area contributed by atoms with E-state index in [-0.39, 0.29) is 6.04 Å². The molecule has 56 valence electrons. The molecule has 3 nitrogen and oxygen atoms in total. The Labute approximate surface area is 60.6 Å². The maximum Gasteiger partial charge on any atom is 0.0490 e. The van der Waals surface area contributed by atoms with Crippen LogP contribution in [0.25, 0.3) is 0 Å². The van der Waals surface area contributed by atoms with Gasteiger partial charge in [-0.1, -0.05) is 0 Å². The maximum absolute atomic E-state index is 5.57. The van der Waals surface area contributed by atoms with Crippen molar-refractivity contribution in [1.29, 1.82) is 0 Å². The van der Waals surface area contributed by atoms with Crippen LogP contribution in [0.15, 0.2) is 12.3 Å². The highest BCUT2D eigenvalue weighted by atomic mass is 15.1. The van der Waals surface area contributed by atoms with E-state index >= 15 is 0 Å². The van der Waals surface area contributed by atoms with Crippen LogP contribution < -0.4 is 5.73 Å². The van der Waals surface area contributed by atoms with Gasteiger partial charge in [-0.25, -0.2) is 0 Å². The largest absolute Gasteiger partial charge is 0.328 e. The molecule has 0 aliphatic rings. The monoisotopic (exact) mass is 139 g/mol. The molecule has 0 fully saturated rings. The molecule has 3 N–H and O–H groups in total. The average molecular weight is 139 g/mol. The number of aromatic nitrogens is 2. The van der Waals surface area contributed by atoms with Crippen LogP contribution >= 0.6 is 0 Å². The summed E-state index contributed by atoms with van der Waals surface area (Å²) in [6.07, 6.45) is 3.77. The van der Waals surface area contributed by atoms with Crippen LogP contribution in [0.2, 0.25) is 0 Å². The van der Waals surface area contributed by atoms with Crippen LogP contribution in [-0.4, -0.2) is 16.2 Å². The van der Waals surface area contributed by atoms with Crippen LogP contribution in [0.5, 0.6) is 0 Å². The second kappa shape index (κ2) is 3.37. The van der Waals surface area contributed by atoms with Crippen molar-refractivity contribution < 1.29 is 0 Å². The van der Waals surface area contributed by atoms with Gasteiger partial charge in [0.1, 0.15) is 0 Å². The van der Waals surface area contributed by atoms with Crippen molar-refractivity contribution in [3.8, 4) is 0 Å². The first-order valence-electron chi connectivity index (χ1n) is 3.53. The third-order valence-corrected chi connectivity index (χ3v) is 1.43. The number of aryl methyl sites for hydroxylation is 1. The molecule has 0 amide bonds. The minimum absolute atomic E-state index is 0.281. The second-order valence-electron chi connectivity index (χ2n) is 2.60. The number of H-pyrrole nitrogens is 1. The molecule has 1 aromatic heterocycles. The lowest BCUT2D eigenvalue weighted by molar-refractivity contribution is 0.657. The molecular formula is C7H13N3. The van der Waals surface area contributed by atoms with E-state index in [1.807, 2.05) is 13.0 Å². The number of nitrogens with zero attached hydrogens (tertiary/aromatic N) is 1. The Kier molecular flexibility index (Phi) is 2.45. The lowest BCUT2D eigenvalue weighted by Crippen LogP contribution is -2.15. The van der Waals surface area contributed by atoms with E-state index in [1.54, 1.807) is 6.20 Å². The van der Waals surface area contributed by atoms with Crippen molar-refractivity contribution in [2.75, 3.05) is 0 Å². The van der Waals surface area contributed by atoms with E-state index in [0.717, 1.165) is 18.5 Å². The number of aromatic amines is 1. The number of nitrogens with one attached hydrogen (secondary N) is 1. The van der Waals surface area contributed by atoms with Crippen molar-refractivity contribution >= 4 is 0 Å². The summed E-state index contributed by atoms with van der Waals surface area (Å²) in [7, 11) is 0. The SMILES string of the molecule is C[C@H](N)CCc1ccn[nH]1. The first-order chi connectivity index (χ1) is 4.79. The normalized spacial score (nSPS) is 13.4. The molecule has 0 radical (unpaired) electrons. The molecule has 0 bridgehead atoms. The van der Waals surface area contributed by atoms with Gasteiger partial charge in [0.2, 0.25) is 0 Å². The standard InChI is InChI=1S/C7H13N3/c1-6(8)2-3-7-4-5-9-10-7/h4-6H,2-3,8H2,1H3,(H,9,10)/t6-/m0/s1. The van der Waals surface area contributed by atoms with Gasteiger partial charge in [0.25, 0.3) is 0 Å². The topological polar surface area (TPSA) is 54.7 Å². The zero-order valence-corrected chi connectivity index (χ0v) is 6.17. The maximum atomic E-state index is 5.57. The predicted octanol–water partition coefficient (Wildman–Crippen LogP) is 0.690. The van der Waals surface area contributed by atoms with Gasteiger partial charge in [0.05, 0.1) is 0 Å². The number of nitrogens with two attached hydrogens (primary N) is 1. The quantitative estimate of drug-likeness (QED) is 0.647. The highest BCUT2D eigenvalue weighted by Crippen LogP contribution is 1.98. The molecule has 1 heterocycles. The Hall–Kier alpha value is -0.830. The van der Waals surface area contributed by atoms with Crippen LogP contribution in [0.4, 0.5) is 0 Å². The van der Waals surface area contributed by atoms with Crippen molar-refractivity contribution in [2.45, 2.75) is 25.8 Å². The number of hydrogen-bond acceptors (Lipinski definition) is 2. The Morgan fingerprint density at radius 1 is 1.80 bits per heavy atom. The van der Waals surface area contributed by atoms with Gasteiger partial charge >= 0.3 is 0 Å². The molecule has 0 saturated carbocycles. The number of rotatable bonds is 3. The van der Waals surface area contributed by atoms with Crippen LogP contribution in [0, 0.1) is 0 Å². The second-order valence-corrected chi connectivity index (χ2v) is 2.60. The molecule has 0 aromatic carbocycles. The molecule has 1 rings (SSSR count). The van der Waals surface area contributed by atoms with Crippen molar-refractivity contribution in [3.63, 3.8) is 0 Å². The fraction of sp³-hybridized carbons (Fsp3) is 0.571. The molecule has 0 spiro atoms. The van der Waals surface area contributed by atoms with E-state index in [2.05, 4.69) is 10.2 Å². The fourth-order valence-electron chi connectivity index (χ4n) is 0.807. The van der Waals surface area contributed by atoms with Gasteiger partial charge in [-0.05, 0) is 25.8 Å². The zero-order valence-electron chi connectivity index (χ0n) is 6.17. The lowest BCUT2D eigenvalue weighted by atomic mass is 10.1. The molecule has 10 heavy (non-hydrogen) atoms. The molecule has 0 saturated heterocycles. The van der Waals surface area contributed by atoms with E-state index in [1.165, 1.54) is 0 Å². The zero-order chi connectivity index (χ0) is 7.40. The summed E-state index contributed by atoms with van der Waals surface area (Å²) in [6.45, 7) is 2.01. The van der Waals surface area contributed by atoms with Gasteiger partial charge in [-0.2, -0.15) is 5.10 Å². The van der Waals surface area contributed by atoms with Crippen molar-refractivity contribution in [3.05, 3.63) is 18.0 Å². The van der Waals surface area contributed by atoms with Crippen LogP contribution in [0.3, 0.4) is 0 Å². The van der Waals surface area contributed by atoms with Crippen LogP contribution in [0.1, 0.15) is 19.0 Å². The molecule has 1 atom stereocenters. The fourth-order valence-corrected chi connectivity index (χ4v) is 0.807. The van der Waals surface area contributed by atoms with Gasteiger partial charge in [0, 0.05) is 17.9 Å². The summed E-state index contributed by atoms with van der Waals surface area (Å²) in [6, 6.07) is 2.26. The minimum atomic E-state index is 0.281. The Balaban J connectivity index is 2.28. The number of hydrogen-bond donors (Lipinski definition) is 2. The first kappa shape index (κ1) is 7.28. The summed E-state index contributed by atoms with van der Waals surface area (Å²) in [5.41, 5.74) is 6.74.